The van der Waals surface area contributed by atoms with Crippen LogP contribution in [0.25, 0.3) is 11.0 Å². The second-order valence-corrected chi connectivity index (χ2v) is 8.17. The van der Waals surface area contributed by atoms with Gasteiger partial charge >= 0.3 is 6.18 Å². The van der Waals surface area contributed by atoms with Crippen LogP contribution in [0.1, 0.15) is 22.6 Å². The summed E-state index contributed by atoms with van der Waals surface area (Å²) in [6.07, 6.45) is -3.41. The van der Waals surface area contributed by atoms with Crippen molar-refractivity contribution in [1.82, 2.24) is 24.8 Å². The molecule has 0 aliphatic rings. The molecule has 0 fully saturated rings. The Morgan fingerprint density at radius 2 is 1.85 bits per heavy atom. The largest absolute Gasteiger partial charge is 0.449 e. The number of halogens is 5. The zero-order valence-electron chi connectivity index (χ0n) is 17.6. The summed E-state index contributed by atoms with van der Waals surface area (Å²) in [6.45, 7) is 1.50. The van der Waals surface area contributed by atoms with E-state index in [-0.39, 0.29) is 11.0 Å². The monoisotopic (exact) mass is 508 g/mol. The highest BCUT2D eigenvalue weighted by atomic mass is 35.5. The number of nitrogens with zero attached hydrogens (tertiary/aromatic N) is 5. The van der Waals surface area contributed by atoms with Crippen LogP contribution in [0.2, 0.25) is 10.2 Å². The number of benzene rings is 2. The van der Waals surface area contributed by atoms with Crippen molar-refractivity contribution >= 4 is 46.4 Å². The van der Waals surface area contributed by atoms with E-state index in [2.05, 4.69) is 20.6 Å². The third kappa shape index (κ3) is 5.07. The molecule has 4 aromatic rings. The lowest BCUT2D eigenvalue weighted by atomic mass is 10.2. The van der Waals surface area contributed by atoms with Gasteiger partial charge in [-0.1, -0.05) is 47.5 Å². The Kier molecular flexibility index (Phi) is 6.63. The first-order chi connectivity index (χ1) is 16.1. The van der Waals surface area contributed by atoms with Crippen LogP contribution in [0.3, 0.4) is 0 Å². The summed E-state index contributed by atoms with van der Waals surface area (Å²) in [4.78, 5) is 16.0. The van der Waals surface area contributed by atoms with Gasteiger partial charge in [-0.2, -0.15) is 23.4 Å². The number of carbonyl (C=O) groups excluding carboxylic acids is 1. The Hall–Kier alpha value is -3.37. The molecule has 1 amide bonds. The first-order valence-electron chi connectivity index (χ1n) is 9.95. The van der Waals surface area contributed by atoms with E-state index >= 15 is 0 Å². The molecule has 0 unspecified atom stereocenters. The van der Waals surface area contributed by atoms with Crippen LogP contribution in [0, 0.1) is 6.92 Å². The summed E-state index contributed by atoms with van der Waals surface area (Å²) >= 11 is 12.3. The fourth-order valence-electron chi connectivity index (χ4n) is 3.38. The molecule has 0 aliphatic heterocycles. The molecular formula is C22H17Cl2F3N6O. The van der Waals surface area contributed by atoms with Gasteiger partial charge in [0.1, 0.15) is 11.7 Å². The fraction of sp³-hybridized carbons (Fsp3) is 0.182. The molecule has 1 N–H and O–H groups in total. The number of para-hydroxylation sites is 2. The van der Waals surface area contributed by atoms with Gasteiger partial charge in [-0.3, -0.25) is 4.79 Å². The minimum Gasteiger partial charge on any atom is -0.311 e. The molecule has 2 aromatic heterocycles. The molecule has 0 atom stereocenters. The highest BCUT2D eigenvalue weighted by molar-refractivity contribution is 6.32. The Morgan fingerprint density at radius 3 is 2.56 bits per heavy atom. The maximum atomic E-state index is 13.4. The maximum absolute atomic E-state index is 13.4. The number of imidazole rings is 1. The number of nitrogens with one attached hydrogen (secondary N) is 1. The predicted molar refractivity (Wildman–Crippen MR) is 123 cm³/mol. The lowest BCUT2D eigenvalue weighted by molar-refractivity contribution is -0.147. The van der Waals surface area contributed by atoms with E-state index in [1.54, 1.807) is 35.9 Å². The molecule has 0 aliphatic carbocycles. The van der Waals surface area contributed by atoms with E-state index in [4.69, 9.17) is 23.2 Å². The summed E-state index contributed by atoms with van der Waals surface area (Å²) in [5.41, 5.74) is 4.54. The quantitative estimate of drug-likeness (QED) is 0.292. The molecule has 7 nitrogen and oxygen atoms in total. The fourth-order valence-corrected chi connectivity index (χ4v) is 3.79. The number of aromatic nitrogens is 4. The van der Waals surface area contributed by atoms with E-state index < -0.39 is 24.5 Å². The summed E-state index contributed by atoms with van der Waals surface area (Å²) in [6, 6.07) is 13.3. The number of alkyl halides is 3. The lowest BCUT2D eigenvalue weighted by Gasteiger charge is -2.10. The highest BCUT2D eigenvalue weighted by Gasteiger charge is 2.38. The molecule has 0 saturated carbocycles. The van der Waals surface area contributed by atoms with Crippen LogP contribution in [-0.4, -0.2) is 31.5 Å². The minimum atomic E-state index is -4.72. The Bertz CT molecular complexity index is 1380. The molecule has 0 saturated heterocycles. The number of hydrogen-bond donors (Lipinski definition) is 1. The van der Waals surface area contributed by atoms with E-state index in [1.807, 2.05) is 12.1 Å². The van der Waals surface area contributed by atoms with Crippen LogP contribution in [0.4, 0.5) is 13.2 Å². The van der Waals surface area contributed by atoms with Crippen molar-refractivity contribution in [3.63, 3.8) is 0 Å². The molecule has 4 rings (SSSR count). The van der Waals surface area contributed by atoms with Crippen LogP contribution in [0.15, 0.2) is 53.6 Å². The van der Waals surface area contributed by atoms with Gasteiger partial charge in [0.2, 0.25) is 5.82 Å². The van der Waals surface area contributed by atoms with Crippen molar-refractivity contribution in [1.29, 1.82) is 0 Å². The number of rotatable bonds is 6. The molecule has 2 aromatic carbocycles. The van der Waals surface area contributed by atoms with Crippen molar-refractivity contribution in [2.24, 2.45) is 5.10 Å². The van der Waals surface area contributed by atoms with Gasteiger partial charge in [0, 0.05) is 5.02 Å². The maximum Gasteiger partial charge on any atom is 0.449 e. The summed E-state index contributed by atoms with van der Waals surface area (Å²) in [5.74, 6) is -1.91. The van der Waals surface area contributed by atoms with Crippen molar-refractivity contribution in [2.45, 2.75) is 26.2 Å². The molecule has 0 radical (unpaired) electrons. The third-order valence-electron chi connectivity index (χ3n) is 4.95. The average molecular weight is 509 g/mol. The van der Waals surface area contributed by atoms with Crippen LogP contribution >= 0.6 is 23.2 Å². The standard InChI is InChI=1S/C22H17Cl2F3N6O/c1-13-16(20(24)33(31-13)11-14-6-8-15(23)9-7-14)10-28-30-19(34)12-32-18-5-3-2-4-17(18)29-21(32)22(25,26)27/h2-10H,11-12H2,1H3,(H,30,34)/b28-10+. The molecule has 176 valence electrons. The van der Waals surface area contributed by atoms with Gasteiger partial charge in [0.15, 0.2) is 0 Å². The number of amides is 1. The Labute approximate surface area is 201 Å². The number of hydrogen-bond acceptors (Lipinski definition) is 4. The summed E-state index contributed by atoms with van der Waals surface area (Å²) in [5, 5.41) is 9.13. The van der Waals surface area contributed by atoms with Gasteiger partial charge in [-0.25, -0.2) is 15.1 Å². The van der Waals surface area contributed by atoms with Crippen molar-refractivity contribution in [3.05, 3.63) is 81.4 Å². The molecule has 0 bridgehead atoms. The van der Waals surface area contributed by atoms with Crippen molar-refractivity contribution in [2.75, 3.05) is 0 Å². The SMILES string of the molecule is Cc1nn(Cc2ccc(Cl)cc2)c(Cl)c1/C=N/NC(=O)Cn1c(C(F)(F)F)nc2ccccc21. The number of hydrazone groups is 1. The molecular weight excluding hydrogens is 492 g/mol. The number of fused-ring (bicyclic) bond motifs is 1. The first-order valence-corrected chi connectivity index (χ1v) is 10.7. The Morgan fingerprint density at radius 1 is 1.15 bits per heavy atom. The summed E-state index contributed by atoms with van der Waals surface area (Å²) in [7, 11) is 0. The second-order valence-electron chi connectivity index (χ2n) is 7.38. The van der Waals surface area contributed by atoms with Crippen molar-refractivity contribution in [3.8, 4) is 0 Å². The van der Waals surface area contributed by atoms with E-state index in [0.717, 1.165) is 10.1 Å². The Balaban J connectivity index is 1.48. The smallest absolute Gasteiger partial charge is 0.311 e. The molecule has 2 heterocycles. The first kappa shape index (κ1) is 23.8. The van der Waals surface area contributed by atoms with Gasteiger partial charge in [0.25, 0.3) is 5.91 Å². The van der Waals surface area contributed by atoms with Gasteiger partial charge in [0.05, 0.1) is 35.1 Å². The van der Waals surface area contributed by atoms with Crippen LogP contribution < -0.4 is 5.43 Å². The van der Waals surface area contributed by atoms with Gasteiger partial charge in [-0.05, 0) is 36.8 Å². The van der Waals surface area contributed by atoms with E-state index in [0.29, 0.717) is 28.0 Å². The topological polar surface area (TPSA) is 77.1 Å². The van der Waals surface area contributed by atoms with E-state index in [1.165, 1.54) is 18.3 Å². The van der Waals surface area contributed by atoms with Crippen LogP contribution in [-0.2, 0) is 24.1 Å². The molecule has 12 heteroatoms. The highest BCUT2D eigenvalue weighted by Crippen LogP contribution is 2.31. The van der Waals surface area contributed by atoms with Crippen LogP contribution in [0.5, 0.6) is 0 Å². The van der Waals surface area contributed by atoms with E-state index in [9.17, 15) is 18.0 Å². The normalized spacial score (nSPS) is 12.1. The minimum absolute atomic E-state index is 0.140. The average Bonchev–Trinajstić information content (AvgIpc) is 3.28. The zero-order chi connectivity index (χ0) is 24.5. The number of carbonyl (C=O) groups is 1. The number of aryl methyl sites for hydroxylation is 1. The second kappa shape index (κ2) is 9.47. The third-order valence-corrected chi connectivity index (χ3v) is 5.60. The molecule has 34 heavy (non-hydrogen) atoms. The van der Waals surface area contributed by atoms with Crippen molar-refractivity contribution < 1.29 is 18.0 Å². The summed E-state index contributed by atoms with van der Waals surface area (Å²) < 4.78 is 42.6. The zero-order valence-corrected chi connectivity index (χ0v) is 19.2. The van der Waals surface area contributed by atoms with Gasteiger partial charge in [-0.15, -0.1) is 0 Å². The lowest BCUT2D eigenvalue weighted by Crippen LogP contribution is -2.26. The predicted octanol–water partition coefficient (Wildman–Crippen LogP) is 5.07. The van der Waals surface area contributed by atoms with Gasteiger partial charge < -0.3 is 4.57 Å². The molecule has 0 spiro atoms.